The van der Waals surface area contributed by atoms with E-state index in [9.17, 15) is 9.90 Å². The predicted octanol–water partition coefficient (Wildman–Crippen LogP) is 3.57. The van der Waals surface area contributed by atoms with E-state index in [0.29, 0.717) is 18.1 Å². The van der Waals surface area contributed by atoms with E-state index in [1.54, 1.807) is 0 Å². The third kappa shape index (κ3) is 15.3. The number of thioether (sulfide) groups is 1. The van der Waals surface area contributed by atoms with E-state index in [2.05, 4.69) is 29.0 Å². The van der Waals surface area contributed by atoms with Crippen molar-refractivity contribution in [2.45, 2.75) is 77.2 Å². The van der Waals surface area contributed by atoms with Crippen molar-refractivity contribution < 1.29 is 9.90 Å². The summed E-state index contributed by atoms with van der Waals surface area (Å²) >= 11 is 1.49. The quantitative estimate of drug-likeness (QED) is 0.326. The van der Waals surface area contributed by atoms with Crippen molar-refractivity contribution in [3.05, 3.63) is 6.92 Å². The number of aliphatic hydroxyl groups excluding tert-OH is 1. The van der Waals surface area contributed by atoms with E-state index in [-0.39, 0.29) is 6.10 Å². The number of hydrogen-bond acceptors (Lipinski definition) is 6. The minimum absolute atomic E-state index is 0.228. The third-order valence-electron chi connectivity index (χ3n) is 5.71. The van der Waals surface area contributed by atoms with Crippen molar-refractivity contribution in [3.63, 3.8) is 0 Å². The molecule has 1 heterocycles. The minimum atomic E-state index is -0.228. The molecule has 0 aromatic heterocycles. The SMILES string of the molecule is [CH2]CN1CCN(CCSC(=O)CCCCNCC(O)CCCCCCCC)CC1. The molecule has 29 heavy (non-hydrogen) atoms. The molecule has 0 aromatic rings. The van der Waals surface area contributed by atoms with Gasteiger partial charge in [0.05, 0.1) is 6.10 Å². The Morgan fingerprint density at radius 3 is 2.45 bits per heavy atom. The van der Waals surface area contributed by atoms with E-state index in [1.165, 1.54) is 43.9 Å². The number of rotatable bonds is 18. The van der Waals surface area contributed by atoms with Crippen LogP contribution in [0.4, 0.5) is 0 Å². The molecule has 5 nitrogen and oxygen atoms in total. The maximum Gasteiger partial charge on any atom is 0.188 e. The van der Waals surface area contributed by atoms with Crippen LogP contribution < -0.4 is 5.32 Å². The molecule has 1 aliphatic rings. The topological polar surface area (TPSA) is 55.8 Å². The summed E-state index contributed by atoms with van der Waals surface area (Å²) in [5.41, 5.74) is 0. The summed E-state index contributed by atoms with van der Waals surface area (Å²) in [7, 11) is 0. The standard InChI is InChI=1S/C23H46N3O2S/c1-3-5-6-7-8-9-12-22(27)21-24-14-11-10-13-23(28)29-20-19-26-17-15-25(4-2)16-18-26/h22,24,27H,2-21H2,1H3. The Bertz CT molecular complexity index is 390. The van der Waals surface area contributed by atoms with Crippen molar-refractivity contribution in [1.29, 1.82) is 0 Å². The first-order valence-electron chi connectivity index (χ1n) is 11.9. The summed E-state index contributed by atoms with van der Waals surface area (Å²) in [4.78, 5) is 16.8. The lowest BCUT2D eigenvalue weighted by atomic mass is 10.1. The highest BCUT2D eigenvalue weighted by Crippen LogP contribution is 2.11. The highest BCUT2D eigenvalue weighted by atomic mass is 32.2. The van der Waals surface area contributed by atoms with E-state index in [1.807, 2.05) is 0 Å². The Morgan fingerprint density at radius 2 is 1.72 bits per heavy atom. The summed E-state index contributed by atoms with van der Waals surface area (Å²) in [5.74, 6) is 0.909. The minimum Gasteiger partial charge on any atom is -0.392 e. The first kappa shape index (κ1) is 26.9. The lowest BCUT2D eigenvalue weighted by molar-refractivity contribution is -0.111. The molecule has 0 aromatic carbocycles. The van der Waals surface area contributed by atoms with Gasteiger partial charge in [0.25, 0.3) is 0 Å². The zero-order chi connectivity index (χ0) is 21.2. The number of hydrogen-bond donors (Lipinski definition) is 2. The number of piperazine rings is 1. The van der Waals surface area contributed by atoms with Crippen molar-refractivity contribution in [3.8, 4) is 0 Å². The third-order valence-corrected chi connectivity index (χ3v) is 6.62. The fraction of sp³-hybridized carbons (Fsp3) is 0.913. The van der Waals surface area contributed by atoms with Crippen LogP contribution in [0.1, 0.15) is 71.1 Å². The molecule has 1 atom stereocenters. The normalized spacial score (nSPS) is 16.9. The number of aliphatic hydroxyl groups is 1. The molecule has 2 N–H and O–H groups in total. The number of carbonyl (C=O) groups is 1. The second-order valence-electron chi connectivity index (χ2n) is 8.28. The van der Waals surface area contributed by atoms with Crippen molar-refractivity contribution in [1.82, 2.24) is 15.1 Å². The van der Waals surface area contributed by atoms with Crippen LogP contribution in [0.15, 0.2) is 0 Å². The Balaban J connectivity index is 1.85. The zero-order valence-electron chi connectivity index (χ0n) is 18.9. The number of carbonyl (C=O) groups excluding carboxylic acids is 1. The summed E-state index contributed by atoms with van der Waals surface area (Å²) in [6.07, 6.45) is 10.9. The average molecular weight is 429 g/mol. The first-order chi connectivity index (χ1) is 14.2. The highest BCUT2D eigenvalue weighted by molar-refractivity contribution is 8.13. The molecule has 1 aliphatic heterocycles. The molecule has 6 heteroatoms. The molecule has 0 aliphatic carbocycles. The Labute approximate surface area is 184 Å². The molecular formula is C23H46N3O2S. The predicted molar refractivity (Wildman–Crippen MR) is 126 cm³/mol. The van der Waals surface area contributed by atoms with E-state index < -0.39 is 0 Å². The van der Waals surface area contributed by atoms with Gasteiger partial charge >= 0.3 is 0 Å². The second kappa shape index (κ2) is 18.6. The van der Waals surface area contributed by atoms with Crippen LogP contribution in [-0.2, 0) is 4.79 Å². The number of nitrogens with one attached hydrogen (secondary N) is 1. The molecule has 0 saturated carbocycles. The molecule has 0 spiro atoms. The van der Waals surface area contributed by atoms with Crippen LogP contribution in [0.25, 0.3) is 0 Å². The van der Waals surface area contributed by atoms with E-state index in [0.717, 1.165) is 77.2 Å². The molecule has 0 bridgehead atoms. The average Bonchev–Trinajstić information content (AvgIpc) is 2.73. The fourth-order valence-corrected chi connectivity index (χ4v) is 4.51. The second-order valence-corrected chi connectivity index (χ2v) is 9.43. The highest BCUT2D eigenvalue weighted by Gasteiger charge is 2.15. The van der Waals surface area contributed by atoms with Crippen LogP contribution >= 0.6 is 11.8 Å². The summed E-state index contributed by atoms with van der Waals surface area (Å²) in [6, 6.07) is 0. The molecule has 1 rings (SSSR count). The summed E-state index contributed by atoms with van der Waals surface area (Å²) in [5, 5.41) is 13.7. The van der Waals surface area contributed by atoms with Gasteiger partial charge in [-0.25, -0.2) is 0 Å². The Morgan fingerprint density at radius 1 is 1.03 bits per heavy atom. The molecule has 171 valence electrons. The van der Waals surface area contributed by atoms with Gasteiger partial charge in [0, 0.05) is 51.4 Å². The molecule has 1 unspecified atom stereocenters. The lowest BCUT2D eigenvalue weighted by Crippen LogP contribution is -2.46. The zero-order valence-corrected chi connectivity index (χ0v) is 19.7. The van der Waals surface area contributed by atoms with Gasteiger partial charge in [-0.2, -0.15) is 0 Å². The maximum atomic E-state index is 12.0. The Hall–Kier alpha value is -0.140. The van der Waals surface area contributed by atoms with Crippen LogP contribution in [0.2, 0.25) is 0 Å². The van der Waals surface area contributed by atoms with Gasteiger partial charge in [0.2, 0.25) is 0 Å². The number of unbranched alkanes of at least 4 members (excludes halogenated alkanes) is 6. The maximum absolute atomic E-state index is 12.0. The van der Waals surface area contributed by atoms with Gasteiger partial charge in [-0.3, -0.25) is 9.69 Å². The van der Waals surface area contributed by atoms with Crippen LogP contribution in [0.5, 0.6) is 0 Å². The van der Waals surface area contributed by atoms with E-state index >= 15 is 0 Å². The first-order valence-corrected chi connectivity index (χ1v) is 12.9. The van der Waals surface area contributed by atoms with Gasteiger partial charge < -0.3 is 15.3 Å². The largest absolute Gasteiger partial charge is 0.392 e. The molecule has 1 saturated heterocycles. The van der Waals surface area contributed by atoms with Gasteiger partial charge in [-0.1, -0.05) is 57.2 Å². The number of nitrogens with zero attached hydrogens (tertiary/aromatic N) is 2. The van der Waals surface area contributed by atoms with E-state index in [4.69, 9.17) is 0 Å². The van der Waals surface area contributed by atoms with Crippen molar-refractivity contribution in [2.24, 2.45) is 0 Å². The molecule has 0 amide bonds. The fourth-order valence-electron chi connectivity index (χ4n) is 3.65. The monoisotopic (exact) mass is 428 g/mol. The van der Waals surface area contributed by atoms with Gasteiger partial charge in [-0.05, 0) is 39.3 Å². The smallest absolute Gasteiger partial charge is 0.188 e. The lowest BCUT2D eigenvalue weighted by Gasteiger charge is -2.33. The van der Waals surface area contributed by atoms with Crippen molar-refractivity contribution in [2.75, 3.05) is 58.1 Å². The van der Waals surface area contributed by atoms with Crippen molar-refractivity contribution >= 4 is 16.9 Å². The molecule has 1 fully saturated rings. The summed E-state index contributed by atoms with van der Waals surface area (Å²) in [6.45, 7) is 14.1. The van der Waals surface area contributed by atoms with Crippen LogP contribution in [-0.4, -0.2) is 84.2 Å². The van der Waals surface area contributed by atoms with Crippen LogP contribution in [0.3, 0.4) is 0 Å². The van der Waals surface area contributed by atoms with Gasteiger partial charge in [-0.15, -0.1) is 0 Å². The Kier molecular flexibility index (Phi) is 17.3. The van der Waals surface area contributed by atoms with Gasteiger partial charge in [0.15, 0.2) is 5.12 Å². The van der Waals surface area contributed by atoms with Gasteiger partial charge in [0.1, 0.15) is 0 Å². The molecule has 1 radical (unpaired) electrons. The van der Waals surface area contributed by atoms with Crippen LogP contribution in [0, 0.1) is 6.92 Å². The molecular weight excluding hydrogens is 382 g/mol. The summed E-state index contributed by atoms with van der Waals surface area (Å²) < 4.78 is 0.